The zero-order chi connectivity index (χ0) is 17.5. The normalized spacial score (nSPS) is 11.6. The largest absolute Gasteiger partial charge is 0.271 e. The maximum atomic E-state index is 12.4. The number of fused-ring (bicyclic) bond motifs is 1. The molecule has 0 aliphatic heterocycles. The van der Waals surface area contributed by atoms with Crippen LogP contribution in [0, 0.1) is 24.0 Å². The van der Waals surface area contributed by atoms with Gasteiger partial charge in [0.25, 0.3) is 15.7 Å². The Labute approximate surface area is 142 Å². The van der Waals surface area contributed by atoms with Crippen molar-refractivity contribution in [2.45, 2.75) is 18.7 Å². The van der Waals surface area contributed by atoms with Gasteiger partial charge in [0.2, 0.25) is 0 Å². The third kappa shape index (κ3) is 3.08. The Bertz CT molecular complexity index is 1040. The highest BCUT2D eigenvalue weighted by atomic mass is 32.2. The number of anilines is 1. The van der Waals surface area contributed by atoms with Crippen LogP contribution in [-0.4, -0.2) is 18.3 Å². The van der Waals surface area contributed by atoms with E-state index in [9.17, 15) is 18.5 Å². The molecule has 3 aromatic rings. The quantitative estimate of drug-likeness (QED) is 0.563. The summed E-state index contributed by atoms with van der Waals surface area (Å²) in [6.45, 7) is 3.57. The number of aromatic nitrogens is 1. The van der Waals surface area contributed by atoms with Crippen molar-refractivity contribution >= 4 is 42.4 Å². The summed E-state index contributed by atoms with van der Waals surface area (Å²) < 4.78 is 27.8. The molecule has 0 saturated heterocycles. The Kier molecular flexibility index (Phi) is 3.98. The number of nitro benzene ring substituents is 1. The van der Waals surface area contributed by atoms with Crippen molar-refractivity contribution in [3.63, 3.8) is 0 Å². The lowest BCUT2D eigenvalue weighted by Crippen LogP contribution is -2.12. The van der Waals surface area contributed by atoms with Crippen molar-refractivity contribution < 1.29 is 13.3 Å². The van der Waals surface area contributed by atoms with Gasteiger partial charge in [-0.25, -0.2) is 13.4 Å². The van der Waals surface area contributed by atoms with E-state index in [0.29, 0.717) is 15.8 Å². The first-order valence-electron chi connectivity index (χ1n) is 6.91. The summed E-state index contributed by atoms with van der Waals surface area (Å²) in [7, 11) is -3.75. The first-order chi connectivity index (χ1) is 11.3. The number of hydrogen-bond donors (Lipinski definition) is 1. The standard InChI is InChI=1S/C15H13N3O4S2/c1-9-3-5-12(6-4-9)24(21,22)17-15-16-14-10(2)7-11(18(19)20)8-13(14)23-15/h3-8H,1-2H3,(H,16,17). The molecule has 9 heteroatoms. The fourth-order valence-corrected chi connectivity index (χ4v) is 4.43. The van der Waals surface area contributed by atoms with Crippen molar-refractivity contribution in [3.8, 4) is 0 Å². The zero-order valence-electron chi connectivity index (χ0n) is 12.8. The summed E-state index contributed by atoms with van der Waals surface area (Å²) in [5.41, 5.74) is 2.08. The highest BCUT2D eigenvalue weighted by Gasteiger charge is 2.18. The number of aryl methyl sites for hydroxylation is 2. The van der Waals surface area contributed by atoms with Crippen molar-refractivity contribution in [1.82, 2.24) is 4.98 Å². The third-order valence-corrected chi connectivity index (χ3v) is 5.84. The van der Waals surface area contributed by atoms with Crippen molar-refractivity contribution in [1.29, 1.82) is 0 Å². The lowest BCUT2D eigenvalue weighted by Gasteiger charge is -2.05. The molecule has 124 valence electrons. The average molecular weight is 363 g/mol. The van der Waals surface area contributed by atoms with E-state index in [0.717, 1.165) is 16.9 Å². The van der Waals surface area contributed by atoms with E-state index < -0.39 is 14.9 Å². The Morgan fingerprint density at radius 3 is 2.46 bits per heavy atom. The van der Waals surface area contributed by atoms with Gasteiger partial charge in [-0.05, 0) is 31.5 Å². The number of hydrogen-bond acceptors (Lipinski definition) is 6. The van der Waals surface area contributed by atoms with Gasteiger partial charge in [0.15, 0.2) is 5.13 Å². The zero-order valence-corrected chi connectivity index (χ0v) is 14.4. The van der Waals surface area contributed by atoms with E-state index in [-0.39, 0.29) is 15.7 Å². The van der Waals surface area contributed by atoms with Gasteiger partial charge >= 0.3 is 0 Å². The van der Waals surface area contributed by atoms with Gasteiger partial charge in [0, 0.05) is 12.1 Å². The van der Waals surface area contributed by atoms with Crippen molar-refractivity contribution in [3.05, 3.63) is 57.6 Å². The molecule has 7 nitrogen and oxygen atoms in total. The number of thiazole rings is 1. The molecule has 24 heavy (non-hydrogen) atoms. The van der Waals surface area contributed by atoms with Crippen LogP contribution >= 0.6 is 11.3 Å². The second kappa shape index (κ2) is 5.84. The second-order valence-corrected chi connectivity index (χ2v) is 8.02. The van der Waals surface area contributed by atoms with Crippen LogP contribution in [0.1, 0.15) is 11.1 Å². The lowest BCUT2D eigenvalue weighted by molar-refractivity contribution is -0.384. The Morgan fingerprint density at radius 1 is 1.17 bits per heavy atom. The minimum absolute atomic E-state index is 0.0448. The van der Waals surface area contributed by atoms with Crippen LogP contribution in [0.25, 0.3) is 10.2 Å². The molecule has 0 bridgehead atoms. The van der Waals surface area contributed by atoms with Gasteiger partial charge < -0.3 is 0 Å². The molecule has 0 radical (unpaired) electrons. The number of sulfonamides is 1. The highest BCUT2D eigenvalue weighted by Crippen LogP contribution is 2.32. The highest BCUT2D eigenvalue weighted by molar-refractivity contribution is 7.93. The van der Waals surface area contributed by atoms with Crippen LogP contribution in [0.5, 0.6) is 0 Å². The van der Waals surface area contributed by atoms with Crippen molar-refractivity contribution in [2.75, 3.05) is 4.72 Å². The van der Waals surface area contributed by atoms with Crippen LogP contribution in [0.2, 0.25) is 0 Å². The predicted molar refractivity (Wildman–Crippen MR) is 93.0 cm³/mol. The topological polar surface area (TPSA) is 102 Å². The molecule has 0 aliphatic rings. The van der Waals surface area contributed by atoms with Crippen LogP contribution < -0.4 is 4.72 Å². The molecule has 2 aromatic carbocycles. The molecule has 0 unspecified atom stereocenters. The van der Waals surface area contributed by atoms with E-state index in [2.05, 4.69) is 9.71 Å². The first-order valence-corrected chi connectivity index (χ1v) is 9.21. The van der Waals surface area contributed by atoms with Crippen LogP contribution in [-0.2, 0) is 10.0 Å². The number of nitrogens with one attached hydrogen (secondary N) is 1. The van der Waals surface area contributed by atoms with Crippen LogP contribution in [0.15, 0.2) is 41.3 Å². The summed E-state index contributed by atoms with van der Waals surface area (Å²) in [4.78, 5) is 14.8. The lowest BCUT2D eigenvalue weighted by atomic mass is 10.2. The van der Waals surface area contributed by atoms with Gasteiger partial charge in [0.1, 0.15) is 0 Å². The van der Waals surface area contributed by atoms with Gasteiger partial charge in [-0.1, -0.05) is 29.0 Å². The molecule has 3 rings (SSSR count). The molecule has 1 heterocycles. The van der Waals surface area contributed by atoms with Crippen LogP contribution in [0.4, 0.5) is 10.8 Å². The maximum absolute atomic E-state index is 12.4. The number of nitro groups is 1. The first kappa shape index (κ1) is 16.3. The summed E-state index contributed by atoms with van der Waals surface area (Å²) in [6, 6.07) is 9.26. The monoisotopic (exact) mass is 363 g/mol. The number of non-ortho nitro benzene ring substituents is 1. The van der Waals surface area contributed by atoms with Gasteiger partial charge in [-0.2, -0.15) is 0 Å². The Hall–Kier alpha value is -2.52. The molecular formula is C15H13N3O4S2. The van der Waals surface area contributed by atoms with E-state index in [1.165, 1.54) is 24.3 Å². The summed E-state index contributed by atoms with van der Waals surface area (Å²) in [6.07, 6.45) is 0. The average Bonchev–Trinajstić information content (AvgIpc) is 2.89. The molecule has 1 aromatic heterocycles. The number of nitrogens with zero attached hydrogens (tertiary/aromatic N) is 2. The van der Waals surface area contributed by atoms with Crippen LogP contribution in [0.3, 0.4) is 0 Å². The smallest absolute Gasteiger partial charge is 0.258 e. The Balaban J connectivity index is 1.99. The molecule has 0 aliphatic carbocycles. The molecule has 0 amide bonds. The minimum Gasteiger partial charge on any atom is -0.258 e. The fourth-order valence-electron chi connectivity index (χ4n) is 2.22. The second-order valence-electron chi connectivity index (χ2n) is 5.30. The molecule has 1 N–H and O–H groups in total. The molecule has 0 saturated carbocycles. The minimum atomic E-state index is -3.75. The SMILES string of the molecule is Cc1ccc(S(=O)(=O)Nc2nc3c(C)cc([N+](=O)[O-])cc3s2)cc1. The summed E-state index contributed by atoms with van der Waals surface area (Å²) in [5, 5.41) is 11.1. The van der Waals surface area contributed by atoms with E-state index >= 15 is 0 Å². The molecule has 0 atom stereocenters. The molecule has 0 fully saturated rings. The van der Waals surface area contributed by atoms with E-state index in [1.807, 2.05) is 6.92 Å². The van der Waals surface area contributed by atoms with E-state index in [1.54, 1.807) is 19.1 Å². The fraction of sp³-hybridized carbons (Fsp3) is 0.133. The third-order valence-electron chi connectivity index (χ3n) is 3.43. The predicted octanol–water partition coefficient (Wildman–Crippen LogP) is 3.62. The van der Waals surface area contributed by atoms with Gasteiger partial charge in [-0.3, -0.25) is 14.8 Å². The Morgan fingerprint density at radius 2 is 1.83 bits per heavy atom. The summed E-state index contributed by atoms with van der Waals surface area (Å²) in [5.74, 6) is 0. The van der Waals surface area contributed by atoms with Gasteiger partial charge in [0.05, 0.1) is 20.0 Å². The van der Waals surface area contributed by atoms with Gasteiger partial charge in [-0.15, -0.1) is 0 Å². The molecular weight excluding hydrogens is 350 g/mol. The van der Waals surface area contributed by atoms with Crippen molar-refractivity contribution in [2.24, 2.45) is 0 Å². The summed E-state index contributed by atoms with van der Waals surface area (Å²) >= 11 is 1.06. The maximum Gasteiger partial charge on any atom is 0.271 e. The van der Waals surface area contributed by atoms with E-state index in [4.69, 9.17) is 0 Å². The molecule has 0 spiro atoms. The number of rotatable bonds is 4. The number of benzene rings is 2.